The van der Waals surface area contributed by atoms with E-state index in [1.807, 2.05) is 13.0 Å². The van der Waals surface area contributed by atoms with E-state index >= 15 is 0 Å². The van der Waals surface area contributed by atoms with Crippen LogP contribution in [0.15, 0.2) is 28.7 Å². The standard InChI is InChI=1S/C11H12O3/c1-7(6-12)11-5-8-4-9(13)2-3-10(8)14-11/h2-5,7,12-13H,6H2,1H3. The number of furan rings is 1. The molecule has 0 radical (unpaired) electrons. The lowest BCUT2D eigenvalue weighted by atomic mass is 10.1. The van der Waals surface area contributed by atoms with Crippen LogP contribution in [-0.2, 0) is 0 Å². The third kappa shape index (κ3) is 1.46. The summed E-state index contributed by atoms with van der Waals surface area (Å²) in [7, 11) is 0. The van der Waals surface area contributed by atoms with Crippen LogP contribution in [0.2, 0.25) is 0 Å². The van der Waals surface area contributed by atoms with Gasteiger partial charge in [0.1, 0.15) is 17.1 Å². The Kier molecular flexibility index (Phi) is 2.17. The minimum Gasteiger partial charge on any atom is -0.508 e. The van der Waals surface area contributed by atoms with Crippen molar-refractivity contribution in [2.45, 2.75) is 12.8 Å². The topological polar surface area (TPSA) is 53.6 Å². The number of phenols is 1. The van der Waals surface area contributed by atoms with E-state index in [0.29, 0.717) is 0 Å². The Hall–Kier alpha value is -1.48. The number of phenolic OH excluding ortho intramolecular Hbond substituents is 1. The molecule has 0 fully saturated rings. The molecule has 3 heteroatoms. The Morgan fingerprint density at radius 2 is 2.14 bits per heavy atom. The maximum absolute atomic E-state index is 9.24. The maximum atomic E-state index is 9.24. The molecule has 0 spiro atoms. The Morgan fingerprint density at radius 3 is 2.86 bits per heavy atom. The summed E-state index contributed by atoms with van der Waals surface area (Å²) in [6, 6.07) is 6.79. The summed E-state index contributed by atoms with van der Waals surface area (Å²) >= 11 is 0. The first kappa shape index (κ1) is 9.09. The highest BCUT2D eigenvalue weighted by molar-refractivity contribution is 5.79. The number of rotatable bonds is 2. The Morgan fingerprint density at radius 1 is 1.36 bits per heavy atom. The van der Waals surface area contributed by atoms with Crippen LogP contribution < -0.4 is 0 Å². The molecule has 2 rings (SSSR count). The quantitative estimate of drug-likeness (QED) is 0.767. The van der Waals surface area contributed by atoms with Crippen LogP contribution in [-0.4, -0.2) is 16.8 Å². The lowest BCUT2D eigenvalue weighted by Crippen LogP contribution is -1.95. The summed E-state index contributed by atoms with van der Waals surface area (Å²) in [5.74, 6) is 0.958. The van der Waals surface area contributed by atoms with Crippen molar-refractivity contribution in [2.24, 2.45) is 0 Å². The van der Waals surface area contributed by atoms with Gasteiger partial charge >= 0.3 is 0 Å². The van der Waals surface area contributed by atoms with Crippen LogP contribution >= 0.6 is 0 Å². The van der Waals surface area contributed by atoms with Gasteiger partial charge in [-0.05, 0) is 24.3 Å². The third-order valence-electron chi connectivity index (χ3n) is 2.28. The fourth-order valence-corrected chi connectivity index (χ4v) is 1.38. The third-order valence-corrected chi connectivity index (χ3v) is 2.28. The van der Waals surface area contributed by atoms with Gasteiger partial charge in [0.05, 0.1) is 6.61 Å². The highest BCUT2D eigenvalue weighted by atomic mass is 16.3. The Balaban J connectivity index is 2.51. The number of aliphatic hydroxyl groups is 1. The zero-order chi connectivity index (χ0) is 10.1. The number of hydrogen-bond donors (Lipinski definition) is 2. The van der Waals surface area contributed by atoms with E-state index in [-0.39, 0.29) is 18.3 Å². The molecule has 3 nitrogen and oxygen atoms in total. The van der Waals surface area contributed by atoms with Crippen LogP contribution in [0, 0.1) is 0 Å². The maximum Gasteiger partial charge on any atom is 0.134 e. The van der Waals surface area contributed by atoms with E-state index in [1.54, 1.807) is 18.2 Å². The lowest BCUT2D eigenvalue weighted by Gasteiger charge is -2.00. The molecule has 0 aliphatic rings. The van der Waals surface area contributed by atoms with Crippen LogP contribution in [0.25, 0.3) is 11.0 Å². The van der Waals surface area contributed by atoms with Crippen molar-refractivity contribution in [3.05, 3.63) is 30.0 Å². The van der Waals surface area contributed by atoms with E-state index in [4.69, 9.17) is 9.52 Å². The first-order valence-corrected chi connectivity index (χ1v) is 4.54. The first-order chi connectivity index (χ1) is 6.70. The van der Waals surface area contributed by atoms with Crippen molar-refractivity contribution in [1.82, 2.24) is 0 Å². The average molecular weight is 192 g/mol. The van der Waals surface area contributed by atoms with Crippen molar-refractivity contribution < 1.29 is 14.6 Å². The fraction of sp³-hybridized carbons (Fsp3) is 0.273. The molecule has 0 aliphatic heterocycles. The van der Waals surface area contributed by atoms with Crippen molar-refractivity contribution in [3.8, 4) is 5.75 Å². The highest BCUT2D eigenvalue weighted by Gasteiger charge is 2.10. The summed E-state index contributed by atoms with van der Waals surface area (Å²) < 4.78 is 5.50. The molecule has 74 valence electrons. The second-order valence-corrected chi connectivity index (χ2v) is 3.45. The van der Waals surface area contributed by atoms with Crippen LogP contribution in [0.1, 0.15) is 18.6 Å². The number of aliphatic hydroxyl groups excluding tert-OH is 1. The SMILES string of the molecule is CC(CO)c1cc2cc(O)ccc2o1. The molecule has 1 aromatic carbocycles. The van der Waals surface area contributed by atoms with Crippen molar-refractivity contribution in [1.29, 1.82) is 0 Å². The van der Waals surface area contributed by atoms with Gasteiger partial charge in [-0.25, -0.2) is 0 Å². The largest absolute Gasteiger partial charge is 0.508 e. The summed E-state index contributed by atoms with van der Waals surface area (Å²) in [5, 5.41) is 19.1. The Labute approximate surface area is 81.6 Å². The van der Waals surface area contributed by atoms with E-state index < -0.39 is 0 Å². The zero-order valence-corrected chi connectivity index (χ0v) is 7.90. The molecular formula is C11H12O3. The summed E-state index contributed by atoms with van der Waals surface area (Å²) in [6.45, 7) is 1.95. The number of hydrogen-bond acceptors (Lipinski definition) is 3. The summed E-state index contributed by atoms with van der Waals surface area (Å²) in [4.78, 5) is 0. The predicted octanol–water partition coefficient (Wildman–Crippen LogP) is 2.23. The summed E-state index contributed by atoms with van der Waals surface area (Å²) in [5.41, 5.74) is 0.734. The van der Waals surface area contributed by atoms with Crippen LogP contribution in [0.3, 0.4) is 0 Å². The zero-order valence-electron chi connectivity index (χ0n) is 7.90. The van der Waals surface area contributed by atoms with Gasteiger partial charge in [-0.1, -0.05) is 6.92 Å². The van der Waals surface area contributed by atoms with E-state index in [1.165, 1.54) is 0 Å². The molecule has 2 aromatic rings. The monoisotopic (exact) mass is 192 g/mol. The van der Waals surface area contributed by atoms with E-state index in [2.05, 4.69) is 0 Å². The number of aromatic hydroxyl groups is 1. The smallest absolute Gasteiger partial charge is 0.134 e. The predicted molar refractivity (Wildman–Crippen MR) is 53.4 cm³/mol. The van der Waals surface area contributed by atoms with Gasteiger partial charge in [-0.15, -0.1) is 0 Å². The number of fused-ring (bicyclic) bond motifs is 1. The van der Waals surface area contributed by atoms with Gasteiger partial charge in [0.25, 0.3) is 0 Å². The van der Waals surface area contributed by atoms with Gasteiger partial charge in [0.2, 0.25) is 0 Å². The average Bonchev–Trinajstić information content (AvgIpc) is 2.59. The molecule has 0 amide bonds. The van der Waals surface area contributed by atoms with E-state index in [9.17, 15) is 5.11 Å². The normalized spacial score (nSPS) is 13.3. The molecule has 1 atom stereocenters. The molecular weight excluding hydrogens is 180 g/mol. The molecule has 1 aromatic heterocycles. The van der Waals surface area contributed by atoms with Crippen LogP contribution in [0.4, 0.5) is 0 Å². The lowest BCUT2D eigenvalue weighted by molar-refractivity contribution is 0.259. The first-order valence-electron chi connectivity index (χ1n) is 4.54. The Bertz CT molecular complexity index is 445. The molecule has 0 saturated carbocycles. The van der Waals surface area contributed by atoms with E-state index in [0.717, 1.165) is 16.7 Å². The molecule has 14 heavy (non-hydrogen) atoms. The van der Waals surface area contributed by atoms with Gasteiger partial charge in [0.15, 0.2) is 0 Å². The summed E-state index contributed by atoms with van der Waals surface area (Å²) in [6.07, 6.45) is 0. The molecule has 1 heterocycles. The second-order valence-electron chi connectivity index (χ2n) is 3.45. The van der Waals surface area contributed by atoms with Gasteiger partial charge in [-0.2, -0.15) is 0 Å². The molecule has 2 N–H and O–H groups in total. The minimum atomic E-state index is -0.00968. The van der Waals surface area contributed by atoms with Crippen molar-refractivity contribution >= 4 is 11.0 Å². The molecule has 0 saturated heterocycles. The van der Waals surface area contributed by atoms with Crippen LogP contribution in [0.5, 0.6) is 5.75 Å². The van der Waals surface area contributed by atoms with Crippen molar-refractivity contribution in [3.63, 3.8) is 0 Å². The molecule has 1 unspecified atom stereocenters. The molecule has 0 aliphatic carbocycles. The second kappa shape index (κ2) is 3.35. The van der Waals surface area contributed by atoms with Gasteiger partial charge < -0.3 is 14.6 Å². The highest BCUT2D eigenvalue weighted by Crippen LogP contribution is 2.27. The minimum absolute atomic E-state index is 0.00968. The number of benzene rings is 1. The molecule has 0 bridgehead atoms. The van der Waals surface area contributed by atoms with Gasteiger partial charge in [0, 0.05) is 11.3 Å². The van der Waals surface area contributed by atoms with Gasteiger partial charge in [-0.3, -0.25) is 0 Å². The van der Waals surface area contributed by atoms with Crippen molar-refractivity contribution in [2.75, 3.05) is 6.61 Å². The fourth-order valence-electron chi connectivity index (χ4n) is 1.38.